The molecule has 3 rings (SSSR count). The van der Waals surface area contributed by atoms with Crippen LogP contribution < -0.4 is 15.1 Å². The molecule has 0 bridgehead atoms. The third-order valence-electron chi connectivity index (χ3n) is 4.35. The molecule has 1 aliphatic heterocycles. The summed E-state index contributed by atoms with van der Waals surface area (Å²) in [4.78, 5) is 26.2. The second kappa shape index (κ2) is 7.82. The average molecular weight is 351 g/mol. The minimum absolute atomic E-state index is 0.0480. The molecule has 26 heavy (non-hydrogen) atoms. The highest BCUT2D eigenvalue weighted by molar-refractivity contribution is 6.00. The van der Waals surface area contributed by atoms with Crippen LogP contribution in [0.15, 0.2) is 53.6 Å². The van der Waals surface area contributed by atoms with E-state index in [1.807, 2.05) is 55.5 Å². The van der Waals surface area contributed by atoms with Crippen molar-refractivity contribution in [2.45, 2.75) is 13.3 Å². The molecule has 0 aliphatic carbocycles. The summed E-state index contributed by atoms with van der Waals surface area (Å²) < 4.78 is 5.09. The molecular formula is C20H21N3O3. The Morgan fingerprint density at radius 2 is 1.88 bits per heavy atom. The van der Waals surface area contributed by atoms with Crippen LogP contribution in [-0.2, 0) is 9.59 Å². The number of carbonyl (C=O) groups excluding carboxylic acids is 2. The number of hydrogen-bond acceptors (Lipinski definition) is 4. The maximum atomic E-state index is 12.3. The van der Waals surface area contributed by atoms with Gasteiger partial charge in [-0.25, -0.2) is 5.43 Å². The highest BCUT2D eigenvalue weighted by Gasteiger charge is 2.35. The van der Waals surface area contributed by atoms with Crippen molar-refractivity contribution < 1.29 is 14.3 Å². The summed E-state index contributed by atoms with van der Waals surface area (Å²) in [7, 11) is 1.60. The summed E-state index contributed by atoms with van der Waals surface area (Å²) in [6.45, 7) is 2.36. The molecule has 1 heterocycles. The van der Waals surface area contributed by atoms with Gasteiger partial charge in [-0.2, -0.15) is 5.10 Å². The van der Waals surface area contributed by atoms with E-state index in [-0.39, 0.29) is 18.2 Å². The molecule has 6 nitrogen and oxygen atoms in total. The predicted octanol–water partition coefficient (Wildman–Crippen LogP) is 2.51. The van der Waals surface area contributed by atoms with Crippen molar-refractivity contribution in [2.24, 2.45) is 11.0 Å². The molecule has 134 valence electrons. The van der Waals surface area contributed by atoms with E-state index in [1.165, 1.54) is 0 Å². The molecular weight excluding hydrogens is 330 g/mol. The molecule has 1 N–H and O–H groups in total. The lowest BCUT2D eigenvalue weighted by atomic mass is 10.1. The second-order valence-electron chi connectivity index (χ2n) is 6.25. The first-order valence-electron chi connectivity index (χ1n) is 8.41. The van der Waals surface area contributed by atoms with Gasteiger partial charge in [0.05, 0.1) is 19.2 Å². The molecule has 2 aromatic rings. The van der Waals surface area contributed by atoms with Gasteiger partial charge in [0.15, 0.2) is 0 Å². The van der Waals surface area contributed by atoms with E-state index in [1.54, 1.807) is 18.2 Å². The number of hydrazone groups is 1. The summed E-state index contributed by atoms with van der Waals surface area (Å²) >= 11 is 0. The van der Waals surface area contributed by atoms with Crippen LogP contribution in [0.5, 0.6) is 5.75 Å². The van der Waals surface area contributed by atoms with E-state index in [0.717, 1.165) is 22.6 Å². The summed E-state index contributed by atoms with van der Waals surface area (Å²) in [6, 6.07) is 15.0. The first kappa shape index (κ1) is 17.7. The zero-order chi connectivity index (χ0) is 18.5. The van der Waals surface area contributed by atoms with Crippen molar-refractivity contribution in [3.8, 4) is 5.75 Å². The molecule has 2 amide bonds. The largest absolute Gasteiger partial charge is 0.497 e. The van der Waals surface area contributed by atoms with Crippen molar-refractivity contribution in [2.75, 3.05) is 18.6 Å². The second-order valence-corrected chi connectivity index (χ2v) is 6.25. The molecule has 0 unspecified atom stereocenters. The van der Waals surface area contributed by atoms with Crippen LogP contribution in [0, 0.1) is 12.8 Å². The van der Waals surface area contributed by atoms with Crippen molar-refractivity contribution in [3.63, 3.8) is 0 Å². The third kappa shape index (κ3) is 4.08. The fourth-order valence-corrected chi connectivity index (χ4v) is 2.81. The molecule has 0 spiro atoms. The molecule has 0 radical (unpaired) electrons. The van der Waals surface area contributed by atoms with Crippen molar-refractivity contribution in [3.05, 3.63) is 59.7 Å². The minimum atomic E-state index is -0.406. The molecule has 0 saturated carbocycles. The fraction of sp³-hybridized carbons (Fsp3) is 0.250. The summed E-state index contributed by atoms with van der Waals surface area (Å²) in [5, 5.41) is 3.98. The zero-order valence-electron chi connectivity index (χ0n) is 14.8. The number of ether oxygens (including phenoxy) is 1. The lowest BCUT2D eigenvalue weighted by Crippen LogP contribution is -2.30. The molecule has 0 aromatic heterocycles. The number of nitrogens with one attached hydrogen (secondary N) is 1. The molecule has 1 saturated heterocycles. The van der Waals surface area contributed by atoms with Crippen LogP contribution in [0.25, 0.3) is 0 Å². The zero-order valence-corrected chi connectivity index (χ0v) is 14.8. The molecule has 1 aliphatic rings. The summed E-state index contributed by atoms with van der Waals surface area (Å²) in [5.74, 6) is 0.0505. The van der Waals surface area contributed by atoms with Gasteiger partial charge >= 0.3 is 0 Å². The van der Waals surface area contributed by atoms with Gasteiger partial charge in [0.2, 0.25) is 11.8 Å². The number of anilines is 1. The maximum Gasteiger partial charge on any atom is 0.245 e. The number of nitrogens with zero attached hydrogens (tertiary/aromatic N) is 2. The normalized spacial score (nSPS) is 16.9. The lowest BCUT2D eigenvalue weighted by molar-refractivity contribution is -0.126. The Kier molecular flexibility index (Phi) is 5.31. The third-order valence-corrected chi connectivity index (χ3v) is 4.35. The van der Waals surface area contributed by atoms with Crippen LogP contribution in [0.2, 0.25) is 0 Å². The quantitative estimate of drug-likeness (QED) is 0.665. The van der Waals surface area contributed by atoms with Crippen LogP contribution in [-0.4, -0.2) is 31.7 Å². The first-order valence-corrected chi connectivity index (χ1v) is 8.41. The van der Waals surface area contributed by atoms with Gasteiger partial charge in [0.1, 0.15) is 5.75 Å². The summed E-state index contributed by atoms with van der Waals surface area (Å²) in [6.07, 6.45) is 1.75. The van der Waals surface area contributed by atoms with E-state index >= 15 is 0 Å². The van der Waals surface area contributed by atoms with Crippen molar-refractivity contribution in [1.29, 1.82) is 0 Å². The SMILES string of the molecule is COc1ccc(/C=N/NC(=O)[C@@H]2CC(=O)N(c3ccc(C)cc3)C2)cc1. The average Bonchev–Trinajstić information content (AvgIpc) is 3.05. The topological polar surface area (TPSA) is 71.0 Å². The van der Waals surface area contributed by atoms with Crippen molar-refractivity contribution in [1.82, 2.24) is 5.43 Å². The lowest BCUT2D eigenvalue weighted by Gasteiger charge is -2.16. The standard InChI is InChI=1S/C20H21N3O3/c1-14-3-7-17(8-4-14)23-13-16(11-19(23)24)20(25)22-21-12-15-5-9-18(26-2)10-6-15/h3-10,12,16H,11,13H2,1-2H3,(H,22,25)/b21-12+/t16-/m1/s1. The van der Waals surface area contributed by atoms with E-state index in [4.69, 9.17) is 4.74 Å². The van der Waals surface area contributed by atoms with Crippen molar-refractivity contribution >= 4 is 23.7 Å². The van der Waals surface area contributed by atoms with Gasteiger partial charge < -0.3 is 9.64 Å². The Bertz CT molecular complexity index is 813. The Morgan fingerprint density at radius 3 is 2.54 bits per heavy atom. The predicted molar refractivity (Wildman–Crippen MR) is 100 cm³/mol. The van der Waals surface area contributed by atoms with Gasteiger partial charge in [-0.15, -0.1) is 0 Å². The first-order chi connectivity index (χ1) is 12.6. The Morgan fingerprint density at radius 1 is 1.19 bits per heavy atom. The van der Waals surface area contributed by atoms with E-state index in [0.29, 0.717) is 6.54 Å². The number of benzene rings is 2. The molecule has 1 atom stereocenters. The number of amides is 2. The van der Waals surface area contributed by atoms with Gasteiger partial charge in [-0.05, 0) is 48.9 Å². The smallest absolute Gasteiger partial charge is 0.245 e. The molecule has 2 aromatic carbocycles. The summed E-state index contributed by atoms with van der Waals surface area (Å²) in [5.41, 5.74) is 5.31. The van der Waals surface area contributed by atoms with Gasteiger partial charge in [0.25, 0.3) is 0 Å². The highest BCUT2D eigenvalue weighted by Crippen LogP contribution is 2.25. The fourth-order valence-electron chi connectivity index (χ4n) is 2.81. The van der Waals surface area contributed by atoms with Gasteiger partial charge in [-0.3, -0.25) is 9.59 Å². The van der Waals surface area contributed by atoms with Crippen LogP contribution in [0.1, 0.15) is 17.5 Å². The van der Waals surface area contributed by atoms with E-state index in [9.17, 15) is 9.59 Å². The molecule has 6 heteroatoms. The monoisotopic (exact) mass is 351 g/mol. The Hall–Kier alpha value is -3.15. The van der Waals surface area contributed by atoms with E-state index < -0.39 is 5.92 Å². The number of rotatable bonds is 5. The number of hydrogen-bond donors (Lipinski definition) is 1. The van der Waals surface area contributed by atoms with Gasteiger partial charge in [-0.1, -0.05) is 17.7 Å². The van der Waals surface area contributed by atoms with Gasteiger partial charge in [0, 0.05) is 18.7 Å². The van der Waals surface area contributed by atoms with Crippen LogP contribution in [0.4, 0.5) is 5.69 Å². The minimum Gasteiger partial charge on any atom is -0.497 e. The number of aryl methyl sites for hydroxylation is 1. The molecule has 1 fully saturated rings. The Labute approximate surface area is 152 Å². The van der Waals surface area contributed by atoms with Crippen LogP contribution >= 0.6 is 0 Å². The number of methoxy groups -OCH3 is 1. The Balaban J connectivity index is 1.57. The maximum absolute atomic E-state index is 12.3. The van der Waals surface area contributed by atoms with E-state index in [2.05, 4.69) is 10.5 Å². The van der Waals surface area contributed by atoms with Crippen LogP contribution in [0.3, 0.4) is 0 Å². The highest BCUT2D eigenvalue weighted by atomic mass is 16.5. The number of carbonyl (C=O) groups is 2.